The highest BCUT2D eigenvalue weighted by atomic mass is 16.5. The molecule has 4 rings (SSSR count). The van der Waals surface area contributed by atoms with Crippen molar-refractivity contribution in [2.45, 2.75) is 13.8 Å². The third-order valence-corrected chi connectivity index (χ3v) is 4.37. The Hall–Kier alpha value is -3.21. The van der Waals surface area contributed by atoms with Gasteiger partial charge < -0.3 is 19.8 Å². The van der Waals surface area contributed by atoms with Crippen LogP contribution in [0.25, 0.3) is 17.0 Å². The average molecular weight is 333 g/mol. The Morgan fingerprint density at radius 3 is 2.68 bits per heavy atom. The average Bonchev–Trinajstić information content (AvgIpc) is 3.25. The van der Waals surface area contributed by atoms with Crippen molar-refractivity contribution in [3.05, 3.63) is 70.5 Å². The van der Waals surface area contributed by atoms with Crippen LogP contribution in [0.15, 0.2) is 52.9 Å². The van der Waals surface area contributed by atoms with E-state index in [1.54, 1.807) is 13.2 Å². The second-order valence-corrected chi connectivity index (χ2v) is 6.21. The number of rotatable bonds is 3. The minimum absolute atomic E-state index is 0.253. The van der Waals surface area contributed by atoms with Gasteiger partial charge in [0.15, 0.2) is 0 Å². The molecule has 0 bridgehead atoms. The number of aryl methyl sites for hydroxylation is 2. The van der Waals surface area contributed by atoms with E-state index in [1.807, 2.05) is 37.3 Å². The Labute approximate surface area is 145 Å². The molecular formula is C20H19N3O2. The number of nitrogens with zero attached hydrogens (tertiary/aromatic N) is 1. The third kappa shape index (κ3) is 2.63. The zero-order chi connectivity index (χ0) is 17.6. The molecular weight excluding hydrogens is 314 g/mol. The maximum Gasteiger partial charge on any atom is 0.146 e. The van der Waals surface area contributed by atoms with Gasteiger partial charge in [0.2, 0.25) is 0 Å². The molecule has 1 aromatic carbocycles. The van der Waals surface area contributed by atoms with Crippen LogP contribution < -0.4 is 0 Å². The van der Waals surface area contributed by atoms with Gasteiger partial charge in [-0.3, -0.25) is 0 Å². The molecule has 1 aliphatic heterocycles. The summed E-state index contributed by atoms with van der Waals surface area (Å²) in [7, 11) is 1.64. The summed E-state index contributed by atoms with van der Waals surface area (Å²) in [6.07, 6.45) is 3.89. The Morgan fingerprint density at radius 2 is 2.00 bits per heavy atom. The number of aromatic amines is 2. The van der Waals surface area contributed by atoms with E-state index in [4.69, 9.17) is 9.73 Å². The van der Waals surface area contributed by atoms with Crippen molar-refractivity contribution in [3.63, 3.8) is 0 Å². The lowest BCUT2D eigenvalue weighted by molar-refractivity contribution is 0.303. The molecule has 0 radical (unpaired) electrons. The molecule has 2 aromatic heterocycles. The van der Waals surface area contributed by atoms with Crippen LogP contribution in [0.3, 0.4) is 0 Å². The number of phenols is 1. The fourth-order valence-corrected chi connectivity index (χ4v) is 3.13. The highest BCUT2D eigenvalue weighted by Crippen LogP contribution is 2.29. The summed E-state index contributed by atoms with van der Waals surface area (Å²) in [6.45, 7) is 4.09. The number of H-pyrrole nitrogens is 2. The lowest BCUT2D eigenvalue weighted by Crippen LogP contribution is -1.93. The van der Waals surface area contributed by atoms with Crippen LogP contribution in [0.2, 0.25) is 0 Å². The molecule has 0 spiro atoms. The number of ether oxygens (including phenoxy) is 1. The molecule has 25 heavy (non-hydrogen) atoms. The van der Waals surface area contributed by atoms with E-state index >= 15 is 0 Å². The molecule has 1 aliphatic rings. The number of aliphatic imine (C=N–C) groups is 1. The molecule has 0 amide bonds. The quantitative estimate of drug-likeness (QED) is 0.672. The maximum absolute atomic E-state index is 9.99. The number of allylic oxidation sites excluding steroid dienone is 1. The van der Waals surface area contributed by atoms with Crippen molar-refractivity contribution in [1.82, 2.24) is 9.97 Å². The molecule has 0 unspecified atom stereocenters. The Morgan fingerprint density at radius 1 is 1.16 bits per heavy atom. The summed E-state index contributed by atoms with van der Waals surface area (Å²) < 4.78 is 5.49. The maximum atomic E-state index is 9.99. The van der Waals surface area contributed by atoms with Crippen LogP contribution in [0, 0.1) is 13.8 Å². The topological polar surface area (TPSA) is 73.4 Å². The van der Waals surface area contributed by atoms with Crippen LogP contribution in [0.4, 0.5) is 0 Å². The van der Waals surface area contributed by atoms with Crippen LogP contribution in [0.5, 0.6) is 5.75 Å². The number of hydrogen-bond acceptors (Lipinski definition) is 3. The largest absolute Gasteiger partial charge is 0.507 e. The molecule has 3 aromatic rings. The Bertz CT molecular complexity index is 1060. The van der Waals surface area contributed by atoms with Crippen LogP contribution in [0.1, 0.15) is 22.6 Å². The molecule has 3 heterocycles. The SMILES string of the molecule is COC1=CC(c2cc3c(O)cccc3[nH]2)=NC1=Cc1[nH]c(C)cc1C. The number of aromatic hydroxyl groups is 1. The molecule has 3 N–H and O–H groups in total. The fraction of sp³-hybridized carbons (Fsp3) is 0.150. The molecule has 0 atom stereocenters. The van der Waals surface area contributed by atoms with Gasteiger partial charge in [-0.2, -0.15) is 0 Å². The van der Waals surface area contributed by atoms with Crippen LogP contribution >= 0.6 is 0 Å². The first-order valence-electron chi connectivity index (χ1n) is 8.09. The van der Waals surface area contributed by atoms with Gasteiger partial charge in [-0.15, -0.1) is 0 Å². The minimum atomic E-state index is 0.253. The number of methoxy groups -OCH3 is 1. The summed E-state index contributed by atoms with van der Waals surface area (Å²) in [5.74, 6) is 0.965. The summed E-state index contributed by atoms with van der Waals surface area (Å²) >= 11 is 0. The number of hydrogen-bond donors (Lipinski definition) is 3. The van der Waals surface area contributed by atoms with E-state index in [9.17, 15) is 5.11 Å². The van der Waals surface area contributed by atoms with Crippen molar-refractivity contribution in [2.75, 3.05) is 7.11 Å². The second-order valence-electron chi connectivity index (χ2n) is 6.21. The lowest BCUT2D eigenvalue weighted by atomic mass is 10.2. The number of nitrogens with one attached hydrogen (secondary N) is 2. The number of phenolic OH excluding ortho intramolecular Hbond substituents is 1. The summed E-state index contributed by atoms with van der Waals surface area (Å²) in [5, 5.41) is 10.8. The predicted octanol–water partition coefficient (Wildman–Crippen LogP) is 4.19. The molecule has 0 saturated carbocycles. The fourth-order valence-electron chi connectivity index (χ4n) is 3.13. The lowest BCUT2D eigenvalue weighted by Gasteiger charge is -2.01. The van der Waals surface area contributed by atoms with Gasteiger partial charge in [-0.05, 0) is 49.8 Å². The van der Waals surface area contributed by atoms with E-state index in [-0.39, 0.29) is 5.75 Å². The highest BCUT2D eigenvalue weighted by molar-refractivity contribution is 6.13. The van der Waals surface area contributed by atoms with Gasteiger partial charge in [-0.1, -0.05) is 6.07 Å². The normalized spacial score (nSPS) is 15.7. The molecule has 5 heteroatoms. The van der Waals surface area contributed by atoms with Gasteiger partial charge >= 0.3 is 0 Å². The first kappa shape index (κ1) is 15.3. The monoisotopic (exact) mass is 333 g/mol. The van der Waals surface area contributed by atoms with Crippen molar-refractivity contribution in [2.24, 2.45) is 4.99 Å². The number of benzene rings is 1. The molecule has 0 saturated heterocycles. The van der Waals surface area contributed by atoms with E-state index in [0.29, 0.717) is 5.76 Å². The van der Waals surface area contributed by atoms with E-state index < -0.39 is 0 Å². The summed E-state index contributed by atoms with van der Waals surface area (Å²) in [4.78, 5) is 11.3. The zero-order valence-electron chi connectivity index (χ0n) is 14.3. The van der Waals surface area contributed by atoms with Crippen LogP contribution in [-0.4, -0.2) is 27.9 Å². The smallest absolute Gasteiger partial charge is 0.146 e. The zero-order valence-corrected chi connectivity index (χ0v) is 14.3. The number of aromatic nitrogens is 2. The third-order valence-electron chi connectivity index (χ3n) is 4.37. The Balaban J connectivity index is 1.78. The van der Waals surface area contributed by atoms with Gasteiger partial charge in [0.25, 0.3) is 0 Å². The van der Waals surface area contributed by atoms with Gasteiger partial charge in [0, 0.05) is 28.4 Å². The van der Waals surface area contributed by atoms with Crippen molar-refractivity contribution < 1.29 is 9.84 Å². The van der Waals surface area contributed by atoms with Gasteiger partial charge in [0.1, 0.15) is 17.2 Å². The Kier molecular flexibility index (Phi) is 3.50. The molecule has 0 aliphatic carbocycles. The summed E-state index contributed by atoms with van der Waals surface area (Å²) in [5.41, 5.74) is 6.56. The minimum Gasteiger partial charge on any atom is -0.507 e. The predicted molar refractivity (Wildman–Crippen MR) is 99.8 cm³/mol. The van der Waals surface area contributed by atoms with Gasteiger partial charge in [0.05, 0.1) is 18.5 Å². The molecule has 5 nitrogen and oxygen atoms in total. The first-order chi connectivity index (χ1) is 12.0. The van der Waals surface area contributed by atoms with Crippen molar-refractivity contribution in [1.29, 1.82) is 0 Å². The van der Waals surface area contributed by atoms with E-state index in [1.165, 1.54) is 5.56 Å². The van der Waals surface area contributed by atoms with E-state index in [0.717, 1.165) is 39.4 Å². The summed E-state index contributed by atoms with van der Waals surface area (Å²) in [6, 6.07) is 9.42. The van der Waals surface area contributed by atoms with Crippen molar-refractivity contribution >= 4 is 22.7 Å². The number of fused-ring (bicyclic) bond motifs is 1. The van der Waals surface area contributed by atoms with Crippen molar-refractivity contribution in [3.8, 4) is 5.75 Å². The van der Waals surface area contributed by atoms with E-state index in [2.05, 4.69) is 23.0 Å². The first-order valence-corrected chi connectivity index (χ1v) is 8.09. The van der Waals surface area contributed by atoms with Crippen LogP contribution in [-0.2, 0) is 4.74 Å². The molecule has 0 fully saturated rings. The molecule has 126 valence electrons. The second kappa shape index (κ2) is 5.70. The van der Waals surface area contributed by atoms with Gasteiger partial charge in [-0.25, -0.2) is 4.99 Å². The standard InChI is InChI=1S/C20H19N3O2/c1-11-7-12(2)21-15(11)9-18-20(25-3)10-17(23-18)16-8-13-14(22-16)5-4-6-19(13)24/h4-10,21-22,24H,1-3H3. The highest BCUT2D eigenvalue weighted by Gasteiger charge is 2.19.